The first kappa shape index (κ1) is 22.6. The summed E-state index contributed by atoms with van der Waals surface area (Å²) in [5.41, 5.74) is 1.89. The van der Waals surface area contributed by atoms with Crippen molar-refractivity contribution in [3.63, 3.8) is 0 Å². The number of nitriles is 1. The highest BCUT2D eigenvalue weighted by molar-refractivity contribution is 5.95. The number of fused-ring (bicyclic) bond motifs is 2. The molecular weight excluding hydrogens is 458 g/mol. The molecule has 5 aromatic rings. The number of hydrogen-bond donors (Lipinski definition) is 1. The quantitative estimate of drug-likeness (QED) is 0.296. The van der Waals surface area contributed by atoms with E-state index in [9.17, 15) is 19.6 Å². The fourth-order valence-electron chi connectivity index (χ4n) is 4.05. The van der Waals surface area contributed by atoms with E-state index in [-0.39, 0.29) is 23.4 Å². The number of carbonyl (C=O) groups excluding carboxylic acids is 2. The van der Waals surface area contributed by atoms with Gasteiger partial charge in [0.15, 0.2) is 17.9 Å². The van der Waals surface area contributed by atoms with Crippen molar-refractivity contribution in [2.75, 3.05) is 11.9 Å². The summed E-state index contributed by atoms with van der Waals surface area (Å²) in [6.07, 6.45) is 1.35. The molecule has 0 unspecified atom stereocenters. The van der Waals surface area contributed by atoms with Crippen molar-refractivity contribution in [3.05, 3.63) is 101 Å². The number of para-hydroxylation sites is 3. The lowest BCUT2D eigenvalue weighted by molar-refractivity contribution is -0.147. The highest BCUT2D eigenvalue weighted by atomic mass is 16.5. The molecule has 2 aromatic heterocycles. The van der Waals surface area contributed by atoms with Crippen molar-refractivity contribution in [1.29, 1.82) is 5.26 Å². The highest BCUT2D eigenvalue weighted by Crippen LogP contribution is 2.20. The minimum absolute atomic E-state index is 0.117. The van der Waals surface area contributed by atoms with Gasteiger partial charge in [-0.3, -0.25) is 14.4 Å². The Bertz CT molecular complexity index is 1650. The lowest BCUT2D eigenvalue weighted by Crippen LogP contribution is -2.25. The third-order valence-electron chi connectivity index (χ3n) is 5.68. The molecule has 0 radical (unpaired) electrons. The van der Waals surface area contributed by atoms with Crippen LogP contribution in [0.1, 0.15) is 5.56 Å². The Morgan fingerprint density at radius 3 is 2.17 bits per heavy atom. The van der Waals surface area contributed by atoms with Crippen molar-refractivity contribution in [2.24, 2.45) is 0 Å². The third-order valence-corrected chi connectivity index (χ3v) is 5.68. The molecule has 0 aliphatic heterocycles. The summed E-state index contributed by atoms with van der Waals surface area (Å²) in [4.78, 5) is 38.2. The number of amides is 1. The number of pyridine rings is 1. The maximum absolute atomic E-state index is 12.9. The molecule has 0 fully saturated rings. The molecule has 0 spiro atoms. The molecule has 2 heterocycles. The molecule has 0 atom stereocenters. The van der Waals surface area contributed by atoms with Gasteiger partial charge in [-0.05, 0) is 36.4 Å². The van der Waals surface area contributed by atoms with E-state index in [2.05, 4.69) is 10.4 Å². The van der Waals surface area contributed by atoms with Gasteiger partial charge < -0.3 is 14.6 Å². The minimum Gasteiger partial charge on any atom is -0.454 e. The predicted molar refractivity (Wildman–Crippen MR) is 134 cm³/mol. The number of aromatic nitrogens is 3. The van der Waals surface area contributed by atoms with Crippen molar-refractivity contribution >= 4 is 39.5 Å². The smallest absolute Gasteiger partial charge is 0.326 e. The van der Waals surface area contributed by atoms with Crippen molar-refractivity contribution in [3.8, 4) is 11.8 Å². The molecule has 9 nitrogen and oxygen atoms in total. The Kier molecular flexibility index (Phi) is 5.99. The predicted octanol–water partition coefficient (Wildman–Crippen LogP) is 3.39. The number of carbonyl (C=O) groups is 2. The molecule has 0 saturated carbocycles. The molecule has 9 heteroatoms. The van der Waals surface area contributed by atoms with Crippen LogP contribution in [0.15, 0.2) is 89.9 Å². The number of nitrogens with zero attached hydrogens (tertiary/aromatic N) is 4. The second-order valence-corrected chi connectivity index (χ2v) is 7.92. The SMILES string of the molecule is N#Cc1cnn(-c2ccccc2)c1NC(=O)COC(=O)Cn1c2ccccc2c(=O)c2ccccc21. The molecule has 0 aliphatic carbocycles. The average molecular weight is 477 g/mol. The van der Waals surface area contributed by atoms with E-state index in [1.807, 2.05) is 12.1 Å². The largest absolute Gasteiger partial charge is 0.454 e. The van der Waals surface area contributed by atoms with E-state index in [4.69, 9.17) is 4.74 Å². The summed E-state index contributed by atoms with van der Waals surface area (Å²) in [6.45, 7) is -0.750. The Balaban J connectivity index is 1.34. The van der Waals surface area contributed by atoms with Gasteiger partial charge >= 0.3 is 5.97 Å². The van der Waals surface area contributed by atoms with Crippen LogP contribution in [0.2, 0.25) is 0 Å². The summed E-state index contributed by atoms with van der Waals surface area (Å²) in [5, 5.41) is 17.2. The van der Waals surface area contributed by atoms with Gasteiger partial charge in [0, 0.05) is 10.8 Å². The van der Waals surface area contributed by atoms with Gasteiger partial charge in [0.25, 0.3) is 5.91 Å². The zero-order chi connectivity index (χ0) is 25.1. The molecule has 3 aromatic carbocycles. The zero-order valence-corrected chi connectivity index (χ0v) is 18.9. The summed E-state index contributed by atoms with van der Waals surface area (Å²) in [6, 6.07) is 25.1. The first-order chi connectivity index (χ1) is 17.6. The summed E-state index contributed by atoms with van der Waals surface area (Å²) in [7, 11) is 0. The molecule has 0 aliphatic rings. The van der Waals surface area contributed by atoms with E-state index in [1.54, 1.807) is 77.4 Å². The second kappa shape index (κ2) is 9.56. The Morgan fingerprint density at radius 1 is 0.917 bits per heavy atom. The van der Waals surface area contributed by atoms with Crippen LogP contribution in [-0.2, 0) is 20.9 Å². The number of benzene rings is 3. The maximum atomic E-state index is 12.9. The van der Waals surface area contributed by atoms with E-state index in [1.165, 1.54) is 10.9 Å². The Hall–Kier alpha value is -5.23. The van der Waals surface area contributed by atoms with Gasteiger partial charge in [0.1, 0.15) is 18.2 Å². The van der Waals surface area contributed by atoms with Gasteiger partial charge in [-0.2, -0.15) is 10.4 Å². The minimum atomic E-state index is -0.652. The third kappa shape index (κ3) is 4.19. The van der Waals surface area contributed by atoms with Crippen LogP contribution in [0.25, 0.3) is 27.5 Å². The topological polar surface area (TPSA) is 119 Å². The molecule has 176 valence electrons. The van der Waals surface area contributed by atoms with Crippen LogP contribution in [0.3, 0.4) is 0 Å². The standard InChI is InChI=1S/C27H19N5O4/c28-14-18-15-29-32(19-8-2-1-3-9-19)27(18)30-24(33)17-36-25(34)16-31-22-12-6-4-10-20(22)26(35)21-11-5-7-13-23(21)31/h1-13,15H,16-17H2,(H,30,33). The van der Waals surface area contributed by atoms with Crippen molar-refractivity contribution in [2.45, 2.75) is 6.54 Å². The lowest BCUT2D eigenvalue weighted by Gasteiger charge is -2.15. The highest BCUT2D eigenvalue weighted by Gasteiger charge is 2.18. The van der Waals surface area contributed by atoms with Gasteiger partial charge in [-0.25, -0.2) is 4.68 Å². The van der Waals surface area contributed by atoms with Crippen LogP contribution in [-0.4, -0.2) is 32.8 Å². The zero-order valence-electron chi connectivity index (χ0n) is 18.9. The Morgan fingerprint density at radius 2 is 1.53 bits per heavy atom. The molecular formula is C27H19N5O4. The summed E-state index contributed by atoms with van der Waals surface area (Å²) >= 11 is 0. The first-order valence-electron chi connectivity index (χ1n) is 11.1. The molecule has 5 rings (SSSR count). The van der Waals surface area contributed by atoms with E-state index >= 15 is 0 Å². The van der Waals surface area contributed by atoms with Crippen LogP contribution < -0.4 is 10.7 Å². The number of ether oxygens (including phenoxy) is 1. The van der Waals surface area contributed by atoms with E-state index in [0.717, 1.165) is 0 Å². The van der Waals surface area contributed by atoms with Crippen LogP contribution in [0.5, 0.6) is 0 Å². The fraction of sp³-hybridized carbons (Fsp3) is 0.0741. The summed E-state index contributed by atoms with van der Waals surface area (Å²) in [5.74, 6) is -1.09. The second-order valence-electron chi connectivity index (χ2n) is 7.92. The molecule has 1 amide bonds. The van der Waals surface area contributed by atoms with Crippen LogP contribution in [0.4, 0.5) is 5.82 Å². The average Bonchev–Trinajstić information content (AvgIpc) is 3.32. The summed E-state index contributed by atoms with van der Waals surface area (Å²) < 4.78 is 8.37. The maximum Gasteiger partial charge on any atom is 0.326 e. The lowest BCUT2D eigenvalue weighted by atomic mass is 10.1. The van der Waals surface area contributed by atoms with Crippen LogP contribution in [0, 0.1) is 11.3 Å². The monoisotopic (exact) mass is 477 g/mol. The van der Waals surface area contributed by atoms with Gasteiger partial charge in [0.05, 0.1) is 22.9 Å². The number of anilines is 1. The van der Waals surface area contributed by atoms with Crippen molar-refractivity contribution in [1.82, 2.24) is 14.3 Å². The van der Waals surface area contributed by atoms with E-state index < -0.39 is 18.5 Å². The van der Waals surface area contributed by atoms with E-state index in [0.29, 0.717) is 27.5 Å². The number of nitrogens with one attached hydrogen (secondary N) is 1. The molecule has 36 heavy (non-hydrogen) atoms. The number of rotatable bonds is 6. The molecule has 0 bridgehead atoms. The molecule has 1 N–H and O–H groups in total. The van der Waals surface area contributed by atoms with Gasteiger partial charge in [-0.15, -0.1) is 0 Å². The van der Waals surface area contributed by atoms with Gasteiger partial charge in [0.2, 0.25) is 0 Å². The first-order valence-corrected chi connectivity index (χ1v) is 11.1. The fourth-order valence-corrected chi connectivity index (χ4v) is 4.05. The number of esters is 1. The number of hydrogen-bond acceptors (Lipinski definition) is 6. The normalized spacial score (nSPS) is 10.8. The van der Waals surface area contributed by atoms with Crippen molar-refractivity contribution < 1.29 is 14.3 Å². The molecule has 0 saturated heterocycles. The van der Waals surface area contributed by atoms with Crippen LogP contribution >= 0.6 is 0 Å². The van der Waals surface area contributed by atoms with Gasteiger partial charge in [-0.1, -0.05) is 42.5 Å². The Labute approximate surface area is 204 Å².